The minimum absolute atomic E-state index is 0.110. The van der Waals surface area contributed by atoms with Crippen LogP contribution in [0.15, 0.2) is 51.4 Å². The minimum Gasteiger partial charge on any atom is -0.350 e. The first-order chi connectivity index (χ1) is 16.5. The molecule has 2 aromatic rings. The van der Waals surface area contributed by atoms with Crippen molar-refractivity contribution in [1.29, 1.82) is 0 Å². The molecule has 2 aromatic carbocycles. The summed E-state index contributed by atoms with van der Waals surface area (Å²) in [5.41, 5.74) is 1.85. The van der Waals surface area contributed by atoms with E-state index in [-0.39, 0.29) is 24.0 Å². The molecule has 0 aromatic heterocycles. The molecule has 1 unspecified atom stereocenters. The fraction of sp³-hybridized carbons (Fsp3) is 0.333. The highest BCUT2D eigenvalue weighted by Gasteiger charge is 2.39. The number of carbonyl (C=O) groups excluding carboxylic acids is 2. The lowest BCUT2D eigenvalue weighted by molar-refractivity contribution is -0.139. The number of carbonyl (C=O) groups is 2. The van der Waals surface area contributed by atoms with Crippen LogP contribution in [-0.2, 0) is 0 Å². The Kier molecular flexibility index (Phi) is 10.9. The van der Waals surface area contributed by atoms with E-state index in [0.29, 0.717) is 40.4 Å². The summed E-state index contributed by atoms with van der Waals surface area (Å²) in [7, 11) is 2.17. The lowest BCUT2D eigenvalue weighted by Gasteiger charge is -2.18. The van der Waals surface area contributed by atoms with Gasteiger partial charge in [-0.1, -0.05) is 68.4 Å². The zero-order chi connectivity index (χ0) is 26.2. The highest BCUT2D eigenvalue weighted by atomic mass is 79.9. The summed E-state index contributed by atoms with van der Waals surface area (Å²) in [5, 5.41) is 5.46. The molecule has 1 atom stereocenters. The summed E-state index contributed by atoms with van der Waals surface area (Å²) in [6.07, 6.45) is -1.92. The minimum atomic E-state index is -4.47. The number of rotatable bonds is 9. The monoisotopic (exact) mass is 615 g/mol. The van der Waals surface area contributed by atoms with Gasteiger partial charge in [0.25, 0.3) is 5.91 Å². The zero-order valence-electron chi connectivity index (χ0n) is 19.7. The second-order valence-electron chi connectivity index (χ2n) is 7.86. The molecule has 0 fully saturated rings. The van der Waals surface area contributed by atoms with Crippen LogP contribution in [0.5, 0.6) is 0 Å². The van der Waals surface area contributed by atoms with Crippen molar-refractivity contribution < 1.29 is 22.8 Å². The van der Waals surface area contributed by atoms with Crippen LogP contribution in [0.25, 0.3) is 6.08 Å². The maximum absolute atomic E-state index is 13.8. The fourth-order valence-electron chi connectivity index (χ4n) is 3.42. The number of allylic oxidation sites excluding steroid dienone is 1. The van der Waals surface area contributed by atoms with Gasteiger partial charge in [-0.05, 0) is 42.3 Å². The SMILES string of the molecule is CBc1cc(/C=C/C(c2cc(Br)cc(Br)c2)C(F)(F)F)ccc1C(=O)NCCN(C)C(=O)NCC. The van der Waals surface area contributed by atoms with Crippen molar-refractivity contribution in [1.82, 2.24) is 15.5 Å². The van der Waals surface area contributed by atoms with Crippen LogP contribution in [0.1, 0.15) is 34.3 Å². The van der Waals surface area contributed by atoms with Crippen molar-refractivity contribution in [2.75, 3.05) is 26.7 Å². The van der Waals surface area contributed by atoms with E-state index in [1.54, 1.807) is 31.3 Å². The first-order valence-corrected chi connectivity index (χ1v) is 12.7. The van der Waals surface area contributed by atoms with E-state index in [9.17, 15) is 22.8 Å². The summed E-state index contributed by atoms with van der Waals surface area (Å²) in [6, 6.07) is 9.30. The van der Waals surface area contributed by atoms with Crippen molar-refractivity contribution in [2.45, 2.75) is 25.8 Å². The van der Waals surface area contributed by atoms with Crippen molar-refractivity contribution in [3.63, 3.8) is 0 Å². The molecular weight excluding hydrogens is 590 g/mol. The molecule has 0 radical (unpaired) electrons. The number of urea groups is 1. The van der Waals surface area contributed by atoms with E-state index in [2.05, 4.69) is 42.5 Å². The first-order valence-electron chi connectivity index (χ1n) is 11.1. The van der Waals surface area contributed by atoms with E-state index < -0.39 is 12.1 Å². The predicted octanol–water partition coefficient (Wildman–Crippen LogP) is 5.07. The van der Waals surface area contributed by atoms with Gasteiger partial charge >= 0.3 is 12.2 Å². The Morgan fingerprint density at radius 3 is 2.34 bits per heavy atom. The van der Waals surface area contributed by atoms with Gasteiger partial charge in [0.1, 0.15) is 0 Å². The zero-order valence-corrected chi connectivity index (χ0v) is 22.9. The van der Waals surface area contributed by atoms with Crippen LogP contribution in [0.2, 0.25) is 6.82 Å². The van der Waals surface area contributed by atoms with Crippen molar-refractivity contribution >= 4 is 62.6 Å². The standard InChI is InChI=1S/C24H27BBr2F3N3O2/c1-4-31-23(35)33(3)10-9-32-22(34)19-7-5-15(11-21(19)25-2)6-8-20(24(28,29)30)16-12-17(26)14-18(27)13-16/h5-8,11-14,20,25H,4,9-10H2,1-3H3,(H,31,35)(H,32,34)/b8-6+. The van der Waals surface area contributed by atoms with Gasteiger partial charge in [-0.15, -0.1) is 0 Å². The predicted molar refractivity (Wildman–Crippen MR) is 143 cm³/mol. The molecule has 2 rings (SSSR count). The first kappa shape index (κ1) is 29.0. The number of likely N-dealkylation sites (N-methyl/N-ethyl adjacent to an activating group) is 1. The molecule has 0 heterocycles. The molecule has 0 bridgehead atoms. The van der Waals surface area contributed by atoms with E-state index in [0.717, 1.165) is 11.5 Å². The molecule has 0 spiro atoms. The Morgan fingerprint density at radius 2 is 1.77 bits per heavy atom. The lowest BCUT2D eigenvalue weighted by Crippen LogP contribution is -2.42. The Morgan fingerprint density at radius 1 is 1.11 bits per heavy atom. The Bertz CT molecular complexity index is 1060. The number of hydrogen-bond acceptors (Lipinski definition) is 2. The number of halogens is 5. The quantitative estimate of drug-likeness (QED) is 0.387. The summed E-state index contributed by atoms with van der Waals surface area (Å²) in [5.74, 6) is -2.08. The second kappa shape index (κ2) is 13.2. The molecule has 3 amide bonds. The summed E-state index contributed by atoms with van der Waals surface area (Å²) in [4.78, 5) is 25.9. The number of alkyl halides is 3. The summed E-state index contributed by atoms with van der Waals surface area (Å²) >= 11 is 6.48. The number of nitrogens with one attached hydrogen (secondary N) is 2. The van der Waals surface area contributed by atoms with Crippen molar-refractivity contribution in [2.24, 2.45) is 0 Å². The Labute approximate surface area is 221 Å². The van der Waals surface area contributed by atoms with Gasteiger partial charge in [0.15, 0.2) is 7.28 Å². The van der Waals surface area contributed by atoms with Crippen molar-refractivity contribution in [3.05, 3.63) is 68.1 Å². The largest absolute Gasteiger partial charge is 0.399 e. The van der Waals surface area contributed by atoms with E-state index in [1.807, 2.05) is 13.7 Å². The Hall–Kier alpha value is -2.27. The maximum Gasteiger partial charge on any atom is 0.399 e. The van der Waals surface area contributed by atoms with Crippen LogP contribution < -0.4 is 16.1 Å². The molecule has 188 valence electrons. The molecular formula is C24H27BBr2F3N3O2. The summed E-state index contributed by atoms with van der Waals surface area (Å²) in [6.45, 7) is 4.82. The van der Waals surface area contributed by atoms with Crippen LogP contribution in [0, 0.1) is 0 Å². The van der Waals surface area contributed by atoms with Crippen LogP contribution in [-0.4, -0.2) is 57.0 Å². The molecule has 0 aliphatic heterocycles. The second-order valence-corrected chi connectivity index (χ2v) is 9.70. The van der Waals surface area contributed by atoms with E-state index in [4.69, 9.17) is 0 Å². The molecule has 0 saturated heterocycles. The average molecular weight is 617 g/mol. The maximum atomic E-state index is 13.8. The molecule has 0 aliphatic rings. The molecule has 2 N–H and O–H groups in total. The third-order valence-corrected chi connectivity index (χ3v) is 6.16. The van der Waals surface area contributed by atoms with Gasteiger partial charge in [0.05, 0.1) is 5.92 Å². The topological polar surface area (TPSA) is 61.4 Å². The van der Waals surface area contributed by atoms with Gasteiger partial charge in [-0.25, -0.2) is 4.79 Å². The number of nitrogens with zero attached hydrogens (tertiary/aromatic N) is 1. The smallest absolute Gasteiger partial charge is 0.350 e. The van der Waals surface area contributed by atoms with Gasteiger partial charge < -0.3 is 15.5 Å². The van der Waals surface area contributed by atoms with Crippen LogP contribution in [0.4, 0.5) is 18.0 Å². The molecule has 0 aliphatic carbocycles. The van der Waals surface area contributed by atoms with Crippen LogP contribution in [0.3, 0.4) is 0 Å². The highest BCUT2D eigenvalue weighted by molar-refractivity contribution is 9.11. The molecule has 0 saturated carbocycles. The van der Waals surface area contributed by atoms with Gasteiger partial charge in [-0.3, -0.25) is 4.79 Å². The van der Waals surface area contributed by atoms with E-state index in [1.165, 1.54) is 23.1 Å². The van der Waals surface area contributed by atoms with Gasteiger partial charge in [-0.2, -0.15) is 13.2 Å². The Balaban J connectivity index is 2.16. The van der Waals surface area contributed by atoms with Gasteiger partial charge in [0, 0.05) is 41.2 Å². The molecule has 35 heavy (non-hydrogen) atoms. The lowest BCUT2D eigenvalue weighted by atomic mass is 9.70. The molecule has 11 heteroatoms. The number of amides is 3. The van der Waals surface area contributed by atoms with Crippen molar-refractivity contribution in [3.8, 4) is 0 Å². The average Bonchev–Trinajstić information content (AvgIpc) is 2.77. The molecule has 5 nitrogen and oxygen atoms in total. The number of benzene rings is 2. The third-order valence-electron chi connectivity index (χ3n) is 5.24. The third kappa shape index (κ3) is 8.72. The van der Waals surface area contributed by atoms with Gasteiger partial charge in [0.2, 0.25) is 0 Å². The highest BCUT2D eigenvalue weighted by Crippen LogP contribution is 2.38. The number of hydrogen-bond donors (Lipinski definition) is 2. The normalized spacial score (nSPS) is 12.3. The van der Waals surface area contributed by atoms with E-state index >= 15 is 0 Å². The fourth-order valence-corrected chi connectivity index (χ4v) is 4.75. The summed E-state index contributed by atoms with van der Waals surface area (Å²) < 4.78 is 42.5. The van der Waals surface area contributed by atoms with Crippen LogP contribution >= 0.6 is 31.9 Å².